The van der Waals surface area contributed by atoms with E-state index in [4.69, 9.17) is 4.74 Å². The Labute approximate surface area is 151 Å². The molecule has 1 aliphatic rings. The predicted molar refractivity (Wildman–Crippen MR) is 95.9 cm³/mol. The molecule has 0 aliphatic carbocycles. The van der Waals surface area contributed by atoms with Crippen LogP contribution in [0.2, 0.25) is 0 Å². The number of carbonyl (C=O) groups excluding carboxylic acids is 1. The first kappa shape index (κ1) is 16.5. The monoisotopic (exact) mass is 351 g/mol. The molecule has 1 atom stereocenters. The maximum Gasteiger partial charge on any atom is 0.260 e. The van der Waals surface area contributed by atoms with Gasteiger partial charge in [-0.2, -0.15) is 4.52 Å². The fourth-order valence-electron chi connectivity index (χ4n) is 3.54. The summed E-state index contributed by atoms with van der Waals surface area (Å²) in [6.07, 6.45) is 3.56. The summed E-state index contributed by atoms with van der Waals surface area (Å²) in [5, 5.41) is 11.9. The number of fused-ring (bicyclic) bond motifs is 1. The van der Waals surface area contributed by atoms with Crippen LogP contribution in [0.15, 0.2) is 48.8 Å². The number of amides is 1. The zero-order valence-corrected chi connectivity index (χ0v) is 14.7. The fourth-order valence-corrected chi connectivity index (χ4v) is 3.54. The van der Waals surface area contributed by atoms with E-state index < -0.39 is 0 Å². The number of benzene rings is 1. The van der Waals surface area contributed by atoms with E-state index in [1.807, 2.05) is 11.0 Å². The largest absolute Gasteiger partial charge is 0.467 e. The molecule has 3 heterocycles. The highest BCUT2D eigenvalue weighted by atomic mass is 16.5. The zero-order valence-electron chi connectivity index (χ0n) is 14.7. The highest BCUT2D eigenvalue weighted by molar-refractivity contribution is 5.78. The first-order valence-electron chi connectivity index (χ1n) is 8.77. The molecule has 1 aromatic carbocycles. The molecule has 0 bridgehead atoms. The lowest BCUT2D eigenvalue weighted by atomic mass is 9.76. The Kier molecular flexibility index (Phi) is 4.28. The van der Waals surface area contributed by atoms with E-state index in [0.717, 1.165) is 19.4 Å². The van der Waals surface area contributed by atoms with E-state index in [0.29, 0.717) is 18.1 Å². The van der Waals surface area contributed by atoms with E-state index in [1.165, 1.54) is 16.4 Å². The van der Waals surface area contributed by atoms with E-state index in [9.17, 15) is 4.79 Å². The molecule has 134 valence electrons. The van der Waals surface area contributed by atoms with Gasteiger partial charge in [0, 0.05) is 24.6 Å². The Balaban J connectivity index is 1.41. The summed E-state index contributed by atoms with van der Waals surface area (Å²) in [5.74, 6) is 0.367. The van der Waals surface area contributed by atoms with Crippen LogP contribution in [0.5, 0.6) is 5.88 Å². The van der Waals surface area contributed by atoms with Crippen LogP contribution in [-0.4, -0.2) is 50.3 Å². The lowest BCUT2D eigenvalue weighted by Crippen LogP contribution is -2.48. The van der Waals surface area contributed by atoms with Gasteiger partial charge >= 0.3 is 0 Å². The van der Waals surface area contributed by atoms with Crippen LogP contribution in [0.25, 0.3) is 5.65 Å². The van der Waals surface area contributed by atoms with Crippen molar-refractivity contribution in [2.45, 2.75) is 25.2 Å². The third-order valence-electron chi connectivity index (χ3n) is 5.00. The second kappa shape index (κ2) is 6.74. The Morgan fingerprint density at radius 1 is 1.23 bits per heavy atom. The minimum absolute atomic E-state index is 0.0162. The molecule has 1 aliphatic heterocycles. The van der Waals surface area contributed by atoms with Crippen molar-refractivity contribution >= 4 is 11.6 Å². The number of nitrogens with zero attached hydrogens (tertiary/aromatic N) is 5. The van der Waals surface area contributed by atoms with E-state index in [-0.39, 0.29) is 17.9 Å². The van der Waals surface area contributed by atoms with Gasteiger partial charge in [0.2, 0.25) is 5.88 Å². The predicted octanol–water partition coefficient (Wildman–Crippen LogP) is 2.08. The van der Waals surface area contributed by atoms with E-state index in [1.54, 1.807) is 12.1 Å². The van der Waals surface area contributed by atoms with Crippen LogP contribution in [0, 0.1) is 0 Å². The second-order valence-corrected chi connectivity index (χ2v) is 6.94. The molecular formula is C19H21N5O2. The molecule has 1 saturated heterocycles. The molecule has 26 heavy (non-hydrogen) atoms. The van der Waals surface area contributed by atoms with Gasteiger partial charge < -0.3 is 9.64 Å². The average Bonchev–Trinajstić information content (AvgIpc) is 3.15. The van der Waals surface area contributed by atoms with Crippen molar-refractivity contribution in [2.75, 3.05) is 19.7 Å². The van der Waals surface area contributed by atoms with Gasteiger partial charge in [0.1, 0.15) is 6.33 Å². The quantitative estimate of drug-likeness (QED) is 0.720. The number of piperidine rings is 1. The maximum atomic E-state index is 12.6. The average molecular weight is 351 g/mol. The normalized spacial score (nSPS) is 20.3. The first-order valence-corrected chi connectivity index (χ1v) is 8.77. The summed E-state index contributed by atoms with van der Waals surface area (Å²) < 4.78 is 7.11. The van der Waals surface area contributed by atoms with Gasteiger partial charge in [-0.05, 0) is 24.5 Å². The van der Waals surface area contributed by atoms with Gasteiger partial charge in [-0.3, -0.25) is 4.79 Å². The lowest BCUT2D eigenvalue weighted by molar-refractivity contribution is -0.135. The highest BCUT2D eigenvalue weighted by Crippen LogP contribution is 2.33. The van der Waals surface area contributed by atoms with Gasteiger partial charge in [0.25, 0.3) is 5.91 Å². The zero-order chi connectivity index (χ0) is 18.0. The molecule has 0 saturated carbocycles. The number of ether oxygens (including phenoxy) is 1. The van der Waals surface area contributed by atoms with Crippen LogP contribution >= 0.6 is 0 Å². The SMILES string of the molecule is C[C@@]1(c2ccccc2)CCCN(C(=O)COc2ccc3nncn3n2)C1. The fraction of sp³-hybridized carbons (Fsp3) is 0.368. The molecule has 7 nitrogen and oxygen atoms in total. The van der Waals surface area contributed by atoms with Gasteiger partial charge in [-0.15, -0.1) is 15.3 Å². The van der Waals surface area contributed by atoms with Crippen LogP contribution in [-0.2, 0) is 10.2 Å². The van der Waals surface area contributed by atoms with Crippen LogP contribution in [0.3, 0.4) is 0 Å². The van der Waals surface area contributed by atoms with Gasteiger partial charge in [0.05, 0.1) is 0 Å². The van der Waals surface area contributed by atoms with E-state index >= 15 is 0 Å². The van der Waals surface area contributed by atoms with Crippen molar-refractivity contribution in [3.63, 3.8) is 0 Å². The smallest absolute Gasteiger partial charge is 0.260 e. The molecule has 1 amide bonds. The van der Waals surface area contributed by atoms with Crippen molar-refractivity contribution in [1.82, 2.24) is 24.7 Å². The third kappa shape index (κ3) is 3.24. The summed E-state index contributed by atoms with van der Waals surface area (Å²) >= 11 is 0. The molecule has 2 aromatic heterocycles. The van der Waals surface area contributed by atoms with Crippen LogP contribution < -0.4 is 4.74 Å². The van der Waals surface area contributed by atoms with Crippen molar-refractivity contribution in [3.8, 4) is 5.88 Å². The molecule has 0 spiro atoms. The minimum atomic E-state index is -0.0223. The summed E-state index contributed by atoms with van der Waals surface area (Å²) in [7, 11) is 0. The van der Waals surface area contributed by atoms with Crippen LogP contribution in [0.4, 0.5) is 0 Å². The standard InChI is InChI=1S/C19H21N5O2/c1-19(15-6-3-2-4-7-15)10-5-11-23(13-19)18(25)12-26-17-9-8-16-21-20-14-24(16)22-17/h2-4,6-9,14H,5,10-13H2,1H3/t19-/m1/s1. The number of likely N-dealkylation sites (tertiary alicyclic amines) is 1. The molecule has 1 fully saturated rings. The number of aromatic nitrogens is 4. The van der Waals surface area contributed by atoms with Crippen molar-refractivity contribution in [1.29, 1.82) is 0 Å². The Morgan fingerprint density at radius 2 is 2.08 bits per heavy atom. The van der Waals surface area contributed by atoms with Gasteiger partial charge in [0.15, 0.2) is 12.3 Å². The summed E-state index contributed by atoms with van der Waals surface area (Å²) in [6.45, 7) is 3.68. The van der Waals surface area contributed by atoms with Crippen molar-refractivity contribution in [3.05, 3.63) is 54.4 Å². The first-order chi connectivity index (χ1) is 12.6. The number of carbonyl (C=O) groups is 1. The third-order valence-corrected chi connectivity index (χ3v) is 5.00. The molecule has 7 heteroatoms. The molecule has 4 rings (SSSR count). The van der Waals surface area contributed by atoms with Crippen LogP contribution in [0.1, 0.15) is 25.3 Å². The lowest BCUT2D eigenvalue weighted by Gasteiger charge is -2.41. The van der Waals surface area contributed by atoms with Gasteiger partial charge in [-0.1, -0.05) is 37.3 Å². The Morgan fingerprint density at radius 3 is 2.92 bits per heavy atom. The van der Waals surface area contributed by atoms with E-state index in [2.05, 4.69) is 46.5 Å². The minimum Gasteiger partial charge on any atom is -0.467 e. The van der Waals surface area contributed by atoms with Crippen molar-refractivity contribution in [2.24, 2.45) is 0 Å². The molecule has 0 unspecified atom stereocenters. The Hall–Kier alpha value is -2.96. The molecule has 0 radical (unpaired) electrons. The molecule has 3 aromatic rings. The Bertz CT molecular complexity index is 910. The number of rotatable bonds is 4. The topological polar surface area (TPSA) is 72.6 Å². The number of hydrogen-bond donors (Lipinski definition) is 0. The summed E-state index contributed by atoms with van der Waals surface area (Å²) in [6, 6.07) is 13.9. The number of hydrogen-bond acceptors (Lipinski definition) is 5. The highest BCUT2D eigenvalue weighted by Gasteiger charge is 2.34. The molecule has 0 N–H and O–H groups in total. The maximum absolute atomic E-state index is 12.6. The van der Waals surface area contributed by atoms with Gasteiger partial charge in [-0.25, -0.2) is 0 Å². The summed E-state index contributed by atoms with van der Waals surface area (Å²) in [5.41, 5.74) is 1.89. The second-order valence-electron chi connectivity index (χ2n) is 6.94. The molecular weight excluding hydrogens is 330 g/mol. The van der Waals surface area contributed by atoms with Crippen molar-refractivity contribution < 1.29 is 9.53 Å². The summed E-state index contributed by atoms with van der Waals surface area (Å²) in [4.78, 5) is 14.5.